The van der Waals surface area contributed by atoms with Gasteiger partial charge in [0.25, 0.3) is 5.91 Å². The molecule has 0 bridgehead atoms. The predicted molar refractivity (Wildman–Crippen MR) is 91.1 cm³/mol. The number of amides is 1. The standard InChI is InChI=1S/C18H23N3O3/c1-23-15-6-2-5-14(10-15)16-11-17(21-20-16)18(22)19-8-3-4-13-7-9-24-12-13/h2,5-6,10-11,13H,3-4,7-9,12H2,1H3,(H,19,22)(H,20,21)/t13-/m1/s1. The van der Waals surface area contributed by atoms with Crippen LogP contribution in [0.25, 0.3) is 11.3 Å². The van der Waals surface area contributed by atoms with E-state index in [-0.39, 0.29) is 5.91 Å². The number of aromatic amines is 1. The number of rotatable bonds is 7. The first-order valence-electron chi connectivity index (χ1n) is 8.32. The van der Waals surface area contributed by atoms with Crippen molar-refractivity contribution in [1.82, 2.24) is 15.5 Å². The molecule has 1 aromatic carbocycles. The van der Waals surface area contributed by atoms with Crippen LogP contribution in [-0.2, 0) is 4.74 Å². The fourth-order valence-corrected chi connectivity index (χ4v) is 2.87. The van der Waals surface area contributed by atoms with E-state index in [0.717, 1.165) is 49.5 Å². The number of benzene rings is 1. The molecule has 1 aliphatic rings. The highest BCUT2D eigenvalue weighted by molar-refractivity contribution is 5.93. The van der Waals surface area contributed by atoms with E-state index in [1.54, 1.807) is 13.2 Å². The van der Waals surface area contributed by atoms with Crippen LogP contribution in [0.3, 0.4) is 0 Å². The van der Waals surface area contributed by atoms with E-state index in [4.69, 9.17) is 9.47 Å². The first-order valence-corrected chi connectivity index (χ1v) is 8.32. The van der Waals surface area contributed by atoms with Gasteiger partial charge in [-0.3, -0.25) is 9.89 Å². The zero-order chi connectivity index (χ0) is 16.8. The van der Waals surface area contributed by atoms with Gasteiger partial charge in [0.15, 0.2) is 0 Å². The Morgan fingerprint density at radius 3 is 3.17 bits per heavy atom. The van der Waals surface area contributed by atoms with E-state index in [1.165, 1.54) is 0 Å². The van der Waals surface area contributed by atoms with Gasteiger partial charge < -0.3 is 14.8 Å². The van der Waals surface area contributed by atoms with E-state index in [1.807, 2.05) is 24.3 Å². The van der Waals surface area contributed by atoms with Crippen LogP contribution >= 0.6 is 0 Å². The number of carbonyl (C=O) groups is 1. The molecule has 1 saturated heterocycles. The molecule has 24 heavy (non-hydrogen) atoms. The average molecular weight is 329 g/mol. The zero-order valence-electron chi connectivity index (χ0n) is 13.9. The van der Waals surface area contributed by atoms with Crippen molar-refractivity contribution < 1.29 is 14.3 Å². The molecule has 6 nitrogen and oxygen atoms in total. The second-order valence-corrected chi connectivity index (χ2v) is 6.03. The number of hydrogen-bond donors (Lipinski definition) is 2. The second-order valence-electron chi connectivity index (χ2n) is 6.03. The van der Waals surface area contributed by atoms with Crippen molar-refractivity contribution in [3.8, 4) is 17.0 Å². The van der Waals surface area contributed by atoms with Crippen LogP contribution in [0, 0.1) is 5.92 Å². The SMILES string of the molecule is COc1cccc(-c2cc(C(=O)NCCC[C@@H]3CCOC3)[nH]n2)c1. The Labute approximate surface area is 141 Å². The Bertz CT molecular complexity index is 678. The molecule has 128 valence electrons. The lowest BCUT2D eigenvalue weighted by molar-refractivity contribution is 0.0947. The fourth-order valence-electron chi connectivity index (χ4n) is 2.87. The van der Waals surface area contributed by atoms with Crippen LogP contribution in [0.4, 0.5) is 0 Å². The van der Waals surface area contributed by atoms with Gasteiger partial charge in [0, 0.05) is 25.3 Å². The molecule has 0 saturated carbocycles. The van der Waals surface area contributed by atoms with Crippen molar-refractivity contribution in [3.63, 3.8) is 0 Å². The molecule has 1 aliphatic heterocycles. The maximum Gasteiger partial charge on any atom is 0.269 e. The monoisotopic (exact) mass is 329 g/mol. The summed E-state index contributed by atoms with van der Waals surface area (Å²) in [5.41, 5.74) is 2.10. The van der Waals surface area contributed by atoms with Crippen LogP contribution < -0.4 is 10.1 Å². The number of H-pyrrole nitrogens is 1. The van der Waals surface area contributed by atoms with Crippen LogP contribution in [-0.4, -0.2) is 43.0 Å². The highest BCUT2D eigenvalue weighted by atomic mass is 16.5. The smallest absolute Gasteiger partial charge is 0.269 e. The molecule has 2 N–H and O–H groups in total. The van der Waals surface area contributed by atoms with Crippen molar-refractivity contribution in [2.45, 2.75) is 19.3 Å². The number of nitrogens with zero attached hydrogens (tertiary/aromatic N) is 1. The molecule has 1 fully saturated rings. The Hall–Kier alpha value is -2.34. The Morgan fingerprint density at radius 2 is 2.38 bits per heavy atom. The first kappa shape index (κ1) is 16.5. The molecule has 0 spiro atoms. The molecular weight excluding hydrogens is 306 g/mol. The Kier molecular flexibility index (Phi) is 5.48. The third kappa shape index (κ3) is 4.14. The minimum Gasteiger partial charge on any atom is -0.497 e. The van der Waals surface area contributed by atoms with Gasteiger partial charge in [-0.2, -0.15) is 5.10 Å². The second kappa shape index (κ2) is 7.97. The molecule has 2 aromatic rings. The maximum atomic E-state index is 12.2. The van der Waals surface area contributed by atoms with Crippen molar-refractivity contribution in [2.24, 2.45) is 5.92 Å². The van der Waals surface area contributed by atoms with Crippen molar-refractivity contribution in [1.29, 1.82) is 0 Å². The number of nitrogens with one attached hydrogen (secondary N) is 2. The number of ether oxygens (including phenoxy) is 2. The Balaban J connectivity index is 1.51. The van der Waals surface area contributed by atoms with Gasteiger partial charge in [0.1, 0.15) is 11.4 Å². The van der Waals surface area contributed by atoms with Crippen molar-refractivity contribution in [2.75, 3.05) is 26.9 Å². The summed E-state index contributed by atoms with van der Waals surface area (Å²) in [7, 11) is 1.63. The maximum absolute atomic E-state index is 12.2. The number of methoxy groups -OCH3 is 1. The highest BCUT2D eigenvalue weighted by Crippen LogP contribution is 2.22. The number of carbonyl (C=O) groups excluding carboxylic acids is 1. The summed E-state index contributed by atoms with van der Waals surface area (Å²) in [6.45, 7) is 2.40. The summed E-state index contributed by atoms with van der Waals surface area (Å²) < 4.78 is 10.6. The quantitative estimate of drug-likeness (QED) is 0.766. The molecule has 0 radical (unpaired) electrons. The molecule has 2 heterocycles. The van der Waals surface area contributed by atoms with Gasteiger partial charge in [0.2, 0.25) is 0 Å². The van der Waals surface area contributed by atoms with E-state index in [9.17, 15) is 4.79 Å². The van der Waals surface area contributed by atoms with Gasteiger partial charge in [-0.25, -0.2) is 0 Å². The van der Waals surface area contributed by atoms with E-state index < -0.39 is 0 Å². The summed E-state index contributed by atoms with van der Waals surface area (Å²) in [6.07, 6.45) is 3.20. The van der Waals surface area contributed by atoms with Gasteiger partial charge >= 0.3 is 0 Å². The summed E-state index contributed by atoms with van der Waals surface area (Å²) in [5.74, 6) is 1.28. The zero-order valence-corrected chi connectivity index (χ0v) is 13.9. The third-order valence-electron chi connectivity index (χ3n) is 4.29. The van der Waals surface area contributed by atoms with Gasteiger partial charge in [-0.05, 0) is 43.4 Å². The van der Waals surface area contributed by atoms with Gasteiger partial charge in [0.05, 0.1) is 12.8 Å². The molecular formula is C18H23N3O3. The van der Waals surface area contributed by atoms with Gasteiger partial charge in [-0.1, -0.05) is 12.1 Å². The van der Waals surface area contributed by atoms with E-state index in [0.29, 0.717) is 18.2 Å². The van der Waals surface area contributed by atoms with Crippen molar-refractivity contribution >= 4 is 5.91 Å². The first-order chi connectivity index (χ1) is 11.8. The van der Waals surface area contributed by atoms with E-state index in [2.05, 4.69) is 15.5 Å². The molecule has 1 aromatic heterocycles. The summed E-state index contributed by atoms with van der Waals surface area (Å²) in [4.78, 5) is 12.2. The van der Waals surface area contributed by atoms with Crippen LogP contribution in [0.15, 0.2) is 30.3 Å². The molecule has 3 rings (SSSR count). The lowest BCUT2D eigenvalue weighted by atomic mass is 10.0. The minimum absolute atomic E-state index is 0.126. The summed E-state index contributed by atoms with van der Waals surface area (Å²) in [5, 5.41) is 9.95. The lowest BCUT2D eigenvalue weighted by Gasteiger charge is -2.07. The van der Waals surface area contributed by atoms with Crippen LogP contribution in [0.5, 0.6) is 5.75 Å². The van der Waals surface area contributed by atoms with Crippen LogP contribution in [0.2, 0.25) is 0 Å². The summed E-state index contributed by atoms with van der Waals surface area (Å²) in [6, 6.07) is 9.36. The molecule has 1 atom stereocenters. The topological polar surface area (TPSA) is 76.2 Å². The normalized spacial score (nSPS) is 17.0. The number of aromatic nitrogens is 2. The third-order valence-corrected chi connectivity index (χ3v) is 4.29. The molecule has 6 heteroatoms. The largest absolute Gasteiger partial charge is 0.497 e. The molecule has 0 unspecified atom stereocenters. The minimum atomic E-state index is -0.126. The highest BCUT2D eigenvalue weighted by Gasteiger charge is 2.15. The van der Waals surface area contributed by atoms with Crippen molar-refractivity contribution in [3.05, 3.63) is 36.0 Å². The predicted octanol–water partition coefficient (Wildman–Crippen LogP) is 2.63. The average Bonchev–Trinajstić information content (AvgIpc) is 3.30. The lowest BCUT2D eigenvalue weighted by Crippen LogP contribution is -2.25. The van der Waals surface area contributed by atoms with E-state index >= 15 is 0 Å². The summed E-state index contributed by atoms with van der Waals surface area (Å²) >= 11 is 0. The molecule has 0 aliphatic carbocycles. The van der Waals surface area contributed by atoms with Crippen LogP contribution in [0.1, 0.15) is 29.8 Å². The number of hydrogen-bond acceptors (Lipinski definition) is 4. The van der Waals surface area contributed by atoms with Gasteiger partial charge in [-0.15, -0.1) is 0 Å². The Morgan fingerprint density at radius 1 is 1.46 bits per heavy atom. The molecule has 1 amide bonds. The fraction of sp³-hybridized carbons (Fsp3) is 0.444.